The summed E-state index contributed by atoms with van der Waals surface area (Å²) in [5.74, 6) is -0.114. The first-order chi connectivity index (χ1) is 13.9. The van der Waals surface area contributed by atoms with Crippen molar-refractivity contribution < 1.29 is 9.59 Å². The second kappa shape index (κ2) is 10.8. The fourth-order valence-corrected chi connectivity index (χ4v) is 2.84. The highest BCUT2D eigenvalue weighted by molar-refractivity contribution is 5.96. The molecular formula is C22H29N5O2. The third-order valence-electron chi connectivity index (χ3n) is 4.51. The SMILES string of the molecule is CCc1ccc(CN(C)C(=NC)NCc2ccc(C(=O)NCC(N)=O)cc2)cc1. The molecule has 2 aromatic rings. The van der Waals surface area contributed by atoms with E-state index in [0.29, 0.717) is 12.1 Å². The number of hydrogen-bond donors (Lipinski definition) is 3. The molecule has 0 heterocycles. The molecule has 29 heavy (non-hydrogen) atoms. The standard InChI is InChI=1S/C22H29N5O2/c1-4-16-5-7-18(8-6-16)15-27(3)22(24-2)26-13-17-9-11-19(12-10-17)21(29)25-14-20(23)28/h5-12H,4,13-15H2,1-3H3,(H2,23,28)(H,24,26)(H,25,29). The van der Waals surface area contributed by atoms with Gasteiger partial charge in [-0.2, -0.15) is 0 Å². The predicted molar refractivity (Wildman–Crippen MR) is 115 cm³/mol. The summed E-state index contributed by atoms with van der Waals surface area (Å²) in [6.07, 6.45) is 1.03. The Balaban J connectivity index is 1.89. The average molecular weight is 396 g/mol. The molecular weight excluding hydrogens is 366 g/mol. The first-order valence-electron chi connectivity index (χ1n) is 9.58. The van der Waals surface area contributed by atoms with E-state index in [1.54, 1.807) is 19.2 Å². The Morgan fingerprint density at radius 3 is 2.10 bits per heavy atom. The predicted octanol–water partition coefficient (Wildman–Crippen LogP) is 1.67. The van der Waals surface area contributed by atoms with Crippen LogP contribution in [-0.2, 0) is 24.3 Å². The minimum Gasteiger partial charge on any atom is -0.368 e. The van der Waals surface area contributed by atoms with E-state index in [1.807, 2.05) is 19.2 Å². The van der Waals surface area contributed by atoms with Gasteiger partial charge in [0.25, 0.3) is 5.91 Å². The Kier molecular flexibility index (Phi) is 8.21. The van der Waals surface area contributed by atoms with Gasteiger partial charge in [-0.1, -0.05) is 43.3 Å². The molecule has 2 rings (SSSR count). The first-order valence-corrected chi connectivity index (χ1v) is 9.58. The van der Waals surface area contributed by atoms with Crippen LogP contribution in [0.1, 0.15) is 34.0 Å². The molecule has 0 fully saturated rings. The molecule has 2 amide bonds. The van der Waals surface area contributed by atoms with Gasteiger partial charge in [0.1, 0.15) is 0 Å². The zero-order valence-electron chi connectivity index (χ0n) is 17.2. The number of hydrogen-bond acceptors (Lipinski definition) is 3. The summed E-state index contributed by atoms with van der Waals surface area (Å²) >= 11 is 0. The molecule has 2 aromatic carbocycles. The maximum absolute atomic E-state index is 11.9. The van der Waals surface area contributed by atoms with Gasteiger partial charge in [-0.05, 0) is 35.2 Å². The van der Waals surface area contributed by atoms with Gasteiger partial charge < -0.3 is 21.3 Å². The highest BCUT2D eigenvalue weighted by atomic mass is 16.2. The molecule has 0 aromatic heterocycles. The maximum Gasteiger partial charge on any atom is 0.251 e. The second-order valence-corrected chi connectivity index (χ2v) is 6.77. The zero-order valence-corrected chi connectivity index (χ0v) is 17.2. The van der Waals surface area contributed by atoms with Gasteiger partial charge in [-0.15, -0.1) is 0 Å². The van der Waals surface area contributed by atoms with Gasteiger partial charge in [0.15, 0.2) is 5.96 Å². The Hall–Kier alpha value is -3.35. The van der Waals surface area contributed by atoms with Crippen molar-refractivity contribution in [3.63, 3.8) is 0 Å². The molecule has 0 spiro atoms. The lowest BCUT2D eigenvalue weighted by molar-refractivity contribution is -0.117. The average Bonchev–Trinajstić information content (AvgIpc) is 2.73. The van der Waals surface area contributed by atoms with Gasteiger partial charge in [-0.25, -0.2) is 0 Å². The summed E-state index contributed by atoms with van der Waals surface area (Å²) < 4.78 is 0. The minimum atomic E-state index is -0.573. The number of rotatable bonds is 8. The molecule has 0 atom stereocenters. The number of guanidine groups is 1. The Morgan fingerprint density at radius 1 is 0.966 bits per heavy atom. The Labute approximate surface area is 172 Å². The van der Waals surface area contributed by atoms with Crippen molar-refractivity contribution >= 4 is 17.8 Å². The summed E-state index contributed by atoms with van der Waals surface area (Å²) in [6.45, 7) is 3.30. The Morgan fingerprint density at radius 2 is 1.55 bits per heavy atom. The second-order valence-electron chi connectivity index (χ2n) is 6.77. The summed E-state index contributed by atoms with van der Waals surface area (Å²) in [5.41, 5.74) is 9.07. The number of nitrogens with one attached hydrogen (secondary N) is 2. The topological polar surface area (TPSA) is 99.8 Å². The summed E-state index contributed by atoms with van der Waals surface area (Å²) in [5, 5.41) is 5.80. The number of aryl methyl sites for hydroxylation is 1. The van der Waals surface area contributed by atoms with Crippen molar-refractivity contribution in [1.82, 2.24) is 15.5 Å². The molecule has 0 radical (unpaired) electrons. The first kappa shape index (κ1) is 21.9. The smallest absolute Gasteiger partial charge is 0.251 e. The molecule has 0 aliphatic heterocycles. The van der Waals surface area contributed by atoms with Crippen LogP contribution in [0.15, 0.2) is 53.5 Å². The number of nitrogens with two attached hydrogens (primary N) is 1. The van der Waals surface area contributed by atoms with E-state index in [9.17, 15) is 9.59 Å². The van der Waals surface area contributed by atoms with Gasteiger partial charge >= 0.3 is 0 Å². The highest BCUT2D eigenvalue weighted by Gasteiger charge is 2.09. The summed E-state index contributed by atoms with van der Waals surface area (Å²) in [7, 11) is 3.75. The number of carbonyl (C=O) groups excluding carboxylic acids is 2. The lowest BCUT2D eigenvalue weighted by atomic mass is 10.1. The van der Waals surface area contributed by atoms with Gasteiger partial charge in [0.05, 0.1) is 6.54 Å². The van der Waals surface area contributed by atoms with Crippen molar-refractivity contribution in [2.45, 2.75) is 26.4 Å². The highest BCUT2D eigenvalue weighted by Crippen LogP contribution is 2.08. The number of amides is 2. The Bertz CT molecular complexity index is 845. The van der Waals surface area contributed by atoms with E-state index in [2.05, 4.69) is 51.7 Å². The molecule has 7 nitrogen and oxygen atoms in total. The van der Waals surface area contributed by atoms with Crippen LogP contribution in [0.4, 0.5) is 0 Å². The van der Waals surface area contributed by atoms with E-state index in [0.717, 1.165) is 24.5 Å². The number of aliphatic imine (C=N–C) groups is 1. The largest absolute Gasteiger partial charge is 0.368 e. The molecule has 0 aliphatic rings. The maximum atomic E-state index is 11.9. The minimum absolute atomic E-state index is 0.175. The van der Waals surface area contributed by atoms with Crippen molar-refractivity contribution in [1.29, 1.82) is 0 Å². The third kappa shape index (κ3) is 6.95. The number of benzene rings is 2. The number of nitrogens with zero attached hydrogens (tertiary/aromatic N) is 2. The molecule has 4 N–H and O–H groups in total. The van der Waals surface area contributed by atoms with Crippen LogP contribution in [-0.4, -0.2) is 43.3 Å². The normalized spacial score (nSPS) is 11.1. The van der Waals surface area contributed by atoms with E-state index in [-0.39, 0.29) is 12.5 Å². The van der Waals surface area contributed by atoms with Crippen molar-refractivity contribution in [2.24, 2.45) is 10.7 Å². The van der Waals surface area contributed by atoms with Gasteiger partial charge in [0, 0.05) is 32.7 Å². The zero-order chi connectivity index (χ0) is 21.2. The molecule has 0 aliphatic carbocycles. The van der Waals surface area contributed by atoms with Crippen molar-refractivity contribution in [3.8, 4) is 0 Å². The molecule has 0 saturated heterocycles. The summed E-state index contributed by atoms with van der Waals surface area (Å²) in [6, 6.07) is 15.8. The van der Waals surface area contributed by atoms with Gasteiger partial charge in [0.2, 0.25) is 5.91 Å². The molecule has 0 saturated carbocycles. The van der Waals surface area contributed by atoms with Crippen LogP contribution >= 0.6 is 0 Å². The van der Waals surface area contributed by atoms with Crippen LogP contribution in [0, 0.1) is 0 Å². The van der Waals surface area contributed by atoms with Gasteiger partial charge in [-0.3, -0.25) is 14.6 Å². The lowest BCUT2D eigenvalue weighted by Crippen LogP contribution is -2.38. The lowest BCUT2D eigenvalue weighted by Gasteiger charge is -2.22. The fraction of sp³-hybridized carbons (Fsp3) is 0.318. The van der Waals surface area contributed by atoms with Crippen LogP contribution in [0.2, 0.25) is 0 Å². The van der Waals surface area contributed by atoms with E-state index in [4.69, 9.17) is 5.73 Å². The van der Waals surface area contributed by atoms with E-state index >= 15 is 0 Å². The van der Waals surface area contributed by atoms with Crippen molar-refractivity contribution in [2.75, 3.05) is 20.6 Å². The van der Waals surface area contributed by atoms with Crippen LogP contribution < -0.4 is 16.4 Å². The van der Waals surface area contributed by atoms with E-state index in [1.165, 1.54) is 11.1 Å². The summed E-state index contributed by atoms with van der Waals surface area (Å²) in [4.78, 5) is 29.1. The molecule has 0 unspecified atom stereocenters. The third-order valence-corrected chi connectivity index (χ3v) is 4.51. The van der Waals surface area contributed by atoms with Crippen molar-refractivity contribution in [3.05, 3.63) is 70.8 Å². The molecule has 154 valence electrons. The quantitative estimate of drug-likeness (QED) is 0.468. The number of carbonyl (C=O) groups is 2. The van der Waals surface area contributed by atoms with Crippen LogP contribution in [0.25, 0.3) is 0 Å². The fourth-order valence-electron chi connectivity index (χ4n) is 2.84. The van der Waals surface area contributed by atoms with E-state index < -0.39 is 5.91 Å². The molecule has 0 bridgehead atoms. The number of primary amides is 1. The molecule has 7 heteroatoms. The van der Waals surface area contributed by atoms with Crippen LogP contribution in [0.5, 0.6) is 0 Å². The monoisotopic (exact) mass is 395 g/mol. The van der Waals surface area contributed by atoms with Crippen LogP contribution in [0.3, 0.4) is 0 Å².